The lowest BCUT2D eigenvalue weighted by Crippen LogP contribution is -2.42. The van der Waals surface area contributed by atoms with E-state index in [-0.39, 0.29) is 37.1 Å². The smallest absolute Gasteiger partial charge is 0.258 e. The van der Waals surface area contributed by atoms with Crippen LogP contribution in [0.15, 0.2) is 24.3 Å². The Kier molecular flexibility index (Phi) is 6.93. The molecule has 1 aromatic rings. The van der Waals surface area contributed by atoms with Crippen molar-refractivity contribution < 1.29 is 23.8 Å². The quantitative estimate of drug-likeness (QED) is 0.584. The number of amides is 2. The van der Waals surface area contributed by atoms with Crippen LogP contribution in [-0.2, 0) is 19.1 Å². The standard InChI is InChI=1S/C19H25ClN2O5/c1-25-6-7-26-10-18(23)21-16-9-17(15-8-14(15)16)22-19(24)11-27-13-4-2-12(20)3-5-13/h2-5,14-17H,6-11H2,1H3,(H,21,23)(H,22,24)/t14?,15?,16-,17+/m1/s1. The van der Waals surface area contributed by atoms with E-state index < -0.39 is 0 Å². The maximum absolute atomic E-state index is 12.2. The molecule has 8 heteroatoms. The van der Waals surface area contributed by atoms with Gasteiger partial charge in [0.1, 0.15) is 12.4 Å². The SMILES string of the molecule is COCCOCC(=O)N[C@@H]1C[C@H](NC(=O)COc2ccc(Cl)cc2)C2CC21. The Morgan fingerprint density at radius 1 is 1.00 bits per heavy atom. The first kappa shape index (κ1) is 19.9. The molecule has 0 heterocycles. The van der Waals surface area contributed by atoms with Crippen molar-refractivity contribution in [3.05, 3.63) is 29.3 Å². The highest BCUT2D eigenvalue weighted by Gasteiger charge is 2.55. The first-order chi connectivity index (χ1) is 13.1. The van der Waals surface area contributed by atoms with Gasteiger partial charge in [-0.05, 0) is 48.9 Å². The van der Waals surface area contributed by atoms with Gasteiger partial charge < -0.3 is 24.8 Å². The van der Waals surface area contributed by atoms with Crippen LogP contribution >= 0.6 is 11.6 Å². The van der Waals surface area contributed by atoms with Crippen molar-refractivity contribution in [2.45, 2.75) is 24.9 Å². The Hall–Kier alpha value is -1.83. The van der Waals surface area contributed by atoms with Crippen molar-refractivity contribution in [1.29, 1.82) is 0 Å². The molecule has 0 radical (unpaired) electrons. The Morgan fingerprint density at radius 2 is 1.63 bits per heavy atom. The van der Waals surface area contributed by atoms with Gasteiger partial charge in [-0.2, -0.15) is 0 Å². The van der Waals surface area contributed by atoms with E-state index in [0.29, 0.717) is 35.8 Å². The fourth-order valence-electron chi connectivity index (χ4n) is 3.60. The Bertz CT molecular complexity index is 654. The predicted octanol–water partition coefficient (Wildman–Crippen LogP) is 1.39. The average molecular weight is 397 g/mol. The highest BCUT2D eigenvalue weighted by Crippen LogP contribution is 2.51. The molecule has 27 heavy (non-hydrogen) atoms. The molecule has 0 aliphatic heterocycles. The fourth-order valence-corrected chi connectivity index (χ4v) is 3.73. The largest absolute Gasteiger partial charge is 0.484 e. The van der Waals surface area contributed by atoms with Crippen molar-refractivity contribution in [3.8, 4) is 5.75 Å². The third kappa shape index (κ3) is 5.82. The number of benzene rings is 1. The van der Waals surface area contributed by atoms with Gasteiger partial charge in [0.25, 0.3) is 5.91 Å². The fraction of sp³-hybridized carbons (Fsp3) is 0.579. The number of fused-ring (bicyclic) bond motifs is 1. The molecule has 0 aromatic heterocycles. The van der Waals surface area contributed by atoms with Gasteiger partial charge in [0.2, 0.25) is 5.91 Å². The minimum Gasteiger partial charge on any atom is -0.484 e. The first-order valence-corrected chi connectivity index (χ1v) is 9.48. The van der Waals surface area contributed by atoms with Gasteiger partial charge in [-0.15, -0.1) is 0 Å². The van der Waals surface area contributed by atoms with E-state index in [9.17, 15) is 9.59 Å². The van der Waals surface area contributed by atoms with E-state index in [1.54, 1.807) is 31.4 Å². The summed E-state index contributed by atoms with van der Waals surface area (Å²) in [6, 6.07) is 7.05. The third-order valence-corrected chi connectivity index (χ3v) is 5.23. The molecule has 2 unspecified atom stereocenters. The predicted molar refractivity (Wildman–Crippen MR) is 99.7 cm³/mol. The normalized spacial score (nSPS) is 25.6. The minimum absolute atomic E-state index is 0.0310. The maximum Gasteiger partial charge on any atom is 0.258 e. The number of rotatable bonds is 10. The highest BCUT2D eigenvalue weighted by molar-refractivity contribution is 6.30. The number of methoxy groups -OCH3 is 1. The molecule has 2 aliphatic carbocycles. The molecule has 2 saturated carbocycles. The summed E-state index contributed by atoms with van der Waals surface area (Å²) in [6.45, 7) is 0.851. The number of halogens is 1. The molecule has 2 amide bonds. The van der Waals surface area contributed by atoms with Gasteiger partial charge in [0, 0.05) is 24.2 Å². The molecule has 3 rings (SSSR count). The van der Waals surface area contributed by atoms with Crippen LogP contribution in [0.25, 0.3) is 0 Å². The summed E-state index contributed by atoms with van der Waals surface area (Å²) < 4.78 is 15.6. The van der Waals surface area contributed by atoms with E-state index in [1.165, 1.54) is 0 Å². The van der Waals surface area contributed by atoms with Crippen molar-refractivity contribution in [2.75, 3.05) is 33.5 Å². The lowest BCUT2D eigenvalue weighted by Gasteiger charge is -2.19. The lowest BCUT2D eigenvalue weighted by molar-refractivity contribution is -0.127. The van der Waals surface area contributed by atoms with Gasteiger partial charge in [-0.1, -0.05) is 11.6 Å². The highest BCUT2D eigenvalue weighted by atomic mass is 35.5. The summed E-state index contributed by atoms with van der Waals surface area (Å²) in [5.41, 5.74) is 0. The number of nitrogens with one attached hydrogen (secondary N) is 2. The van der Waals surface area contributed by atoms with Crippen LogP contribution < -0.4 is 15.4 Å². The van der Waals surface area contributed by atoms with Gasteiger partial charge in [0.05, 0.1) is 13.2 Å². The molecule has 1 aromatic carbocycles. The van der Waals surface area contributed by atoms with E-state index in [1.807, 2.05) is 0 Å². The molecule has 2 N–H and O–H groups in total. The average Bonchev–Trinajstić information content (AvgIpc) is 3.38. The summed E-state index contributed by atoms with van der Waals surface area (Å²) >= 11 is 5.82. The maximum atomic E-state index is 12.2. The lowest BCUT2D eigenvalue weighted by atomic mass is 10.1. The molecular weight excluding hydrogens is 372 g/mol. The van der Waals surface area contributed by atoms with Crippen LogP contribution in [0.5, 0.6) is 5.75 Å². The molecule has 4 atom stereocenters. The van der Waals surface area contributed by atoms with E-state index in [0.717, 1.165) is 12.8 Å². The van der Waals surface area contributed by atoms with E-state index >= 15 is 0 Å². The number of ether oxygens (including phenoxy) is 3. The van der Waals surface area contributed by atoms with Crippen LogP contribution in [-0.4, -0.2) is 57.4 Å². The summed E-state index contributed by atoms with van der Waals surface area (Å²) in [5, 5.41) is 6.66. The second-order valence-electron chi connectivity index (χ2n) is 6.94. The van der Waals surface area contributed by atoms with Gasteiger partial charge in [0.15, 0.2) is 6.61 Å². The monoisotopic (exact) mass is 396 g/mol. The van der Waals surface area contributed by atoms with Crippen LogP contribution in [0.4, 0.5) is 0 Å². The Balaban J connectivity index is 1.36. The minimum atomic E-state index is -0.157. The van der Waals surface area contributed by atoms with Crippen LogP contribution in [0.1, 0.15) is 12.8 Å². The van der Waals surface area contributed by atoms with Crippen LogP contribution in [0, 0.1) is 11.8 Å². The number of carbonyl (C=O) groups is 2. The zero-order valence-corrected chi connectivity index (χ0v) is 16.0. The Labute approximate surface area is 163 Å². The molecule has 0 spiro atoms. The number of hydrogen-bond donors (Lipinski definition) is 2. The molecule has 0 bridgehead atoms. The zero-order chi connectivity index (χ0) is 19.2. The molecular formula is C19H25ClN2O5. The van der Waals surface area contributed by atoms with Gasteiger partial charge >= 0.3 is 0 Å². The second-order valence-corrected chi connectivity index (χ2v) is 7.37. The van der Waals surface area contributed by atoms with Crippen molar-refractivity contribution in [2.24, 2.45) is 11.8 Å². The third-order valence-electron chi connectivity index (χ3n) is 4.97. The van der Waals surface area contributed by atoms with Crippen LogP contribution in [0.2, 0.25) is 5.02 Å². The summed E-state index contributed by atoms with van der Waals surface area (Å²) in [7, 11) is 1.59. The molecule has 148 valence electrons. The van der Waals surface area contributed by atoms with Gasteiger partial charge in [-0.25, -0.2) is 0 Å². The van der Waals surface area contributed by atoms with Crippen molar-refractivity contribution in [1.82, 2.24) is 10.6 Å². The summed E-state index contributed by atoms with van der Waals surface area (Å²) in [6.07, 6.45) is 1.77. The van der Waals surface area contributed by atoms with E-state index in [2.05, 4.69) is 10.6 Å². The first-order valence-electron chi connectivity index (χ1n) is 9.10. The molecule has 0 saturated heterocycles. The van der Waals surface area contributed by atoms with E-state index in [4.69, 9.17) is 25.8 Å². The van der Waals surface area contributed by atoms with Crippen molar-refractivity contribution >= 4 is 23.4 Å². The Morgan fingerprint density at radius 3 is 2.26 bits per heavy atom. The van der Waals surface area contributed by atoms with Crippen LogP contribution in [0.3, 0.4) is 0 Å². The van der Waals surface area contributed by atoms with Crippen molar-refractivity contribution in [3.63, 3.8) is 0 Å². The number of carbonyl (C=O) groups excluding carboxylic acids is 2. The summed E-state index contributed by atoms with van der Waals surface area (Å²) in [4.78, 5) is 24.1. The van der Waals surface area contributed by atoms with Gasteiger partial charge in [-0.3, -0.25) is 9.59 Å². The molecule has 7 nitrogen and oxygen atoms in total. The second kappa shape index (κ2) is 9.39. The summed E-state index contributed by atoms with van der Waals surface area (Å²) in [5.74, 6) is 1.19. The zero-order valence-electron chi connectivity index (χ0n) is 15.3. The topological polar surface area (TPSA) is 85.9 Å². The number of hydrogen-bond acceptors (Lipinski definition) is 5. The molecule has 2 fully saturated rings. The molecule has 2 aliphatic rings.